The number of nitro groups is 1. The number of hydrogen-bond donors (Lipinski definition) is 3. The van der Waals surface area contributed by atoms with E-state index in [1.54, 1.807) is 6.07 Å². The van der Waals surface area contributed by atoms with E-state index in [-0.39, 0.29) is 12.3 Å². The van der Waals surface area contributed by atoms with E-state index in [1.807, 2.05) is 18.2 Å². The van der Waals surface area contributed by atoms with Gasteiger partial charge < -0.3 is 15.5 Å². The molecule has 2 rings (SSSR count). The van der Waals surface area contributed by atoms with E-state index in [9.17, 15) is 20.3 Å². The van der Waals surface area contributed by atoms with E-state index < -0.39 is 17.1 Å². The third kappa shape index (κ3) is 4.49. The maximum Gasteiger partial charge on any atom is 0.269 e. The number of nitrogens with one attached hydrogen (secondary N) is 1. The topological polar surface area (TPSA) is 95.6 Å². The molecule has 2 atom stereocenters. The molecule has 0 aromatic heterocycles. The first-order valence-electron chi connectivity index (χ1n) is 7.03. The summed E-state index contributed by atoms with van der Waals surface area (Å²) in [6, 6.07) is 12.3. The van der Waals surface area contributed by atoms with Crippen molar-refractivity contribution in [1.29, 1.82) is 0 Å². The van der Waals surface area contributed by atoms with Crippen LogP contribution in [0.2, 0.25) is 5.02 Å². The largest absolute Gasteiger partial charge is 0.395 e. The van der Waals surface area contributed by atoms with Gasteiger partial charge in [-0.1, -0.05) is 29.8 Å². The van der Waals surface area contributed by atoms with Crippen LogP contribution >= 0.6 is 11.6 Å². The number of rotatable bonds is 7. The maximum absolute atomic E-state index is 10.6. The van der Waals surface area contributed by atoms with Crippen LogP contribution in [0, 0.1) is 10.1 Å². The van der Waals surface area contributed by atoms with Crippen molar-refractivity contribution in [2.45, 2.75) is 18.7 Å². The summed E-state index contributed by atoms with van der Waals surface area (Å²) in [4.78, 5) is 10.1. The fourth-order valence-corrected chi connectivity index (χ4v) is 2.39. The fraction of sp³-hybridized carbons (Fsp3) is 0.250. The van der Waals surface area contributed by atoms with Gasteiger partial charge in [-0.3, -0.25) is 10.1 Å². The molecule has 2 unspecified atom stereocenters. The van der Waals surface area contributed by atoms with E-state index in [0.717, 1.165) is 5.56 Å². The smallest absolute Gasteiger partial charge is 0.269 e. The van der Waals surface area contributed by atoms with Gasteiger partial charge >= 0.3 is 0 Å². The summed E-state index contributed by atoms with van der Waals surface area (Å²) in [5, 5.41) is 34.1. The molecule has 0 saturated heterocycles. The Morgan fingerprint density at radius 3 is 2.39 bits per heavy atom. The SMILES string of the molecule is O=[N+]([O-])c1ccc(C(O)C(CO)NCc2ccccc2Cl)cc1. The Kier molecular flexibility index (Phi) is 6.06. The van der Waals surface area contributed by atoms with Crippen molar-refractivity contribution in [3.63, 3.8) is 0 Å². The second kappa shape index (κ2) is 8.03. The summed E-state index contributed by atoms with van der Waals surface area (Å²) in [5.74, 6) is 0. The van der Waals surface area contributed by atoms with Crippen molar-refractivity contribution in [2.24, 2.45) is 0 Å². The Hall–Kier alpha value is -1.99. The number of nitro benzene ring substituents is 1. The molecule has 23 heavy (non-hydrogen) atoms. The second-order valence-corrected chi connectivity index (χ2v) is 5.46. The molecule has 0 spiro atoms. The Morgan fingerprint density at radius 2 is 1.83 bits per heavy atom. The van der Waals surface area contributed by atoms with Gasteiger partial charge in [0.2, 0.25) is 0 Å². The molecular formula is C16H17ClN2O4. The fourth-order valence-electron chi connectivity index (χ4n) is 2.18. The van der Waals surface area contributed by atoms with E-state index in [4.69, 9.17) is 11.6 Å². The van der Waals surface area contributed by atoms with Gasteiger partial charge in [0, 0.05) is 23.7 Å². The number of nitrogens with zero attached hydrogens (tertiary/aromatic N) is 1. The average molecular weight is 337 g/mol. The highest BCUT2D eigenvalue weighted by Crippen LogP contribution is 2.21. The molecular weight excluding hydrogens is 320 g/mol. The van der Waals surface area contributed by atoms with Crippen LogP contribution in [0.1, 0.15) is 17.2 Å². The highest BCUT2D eigenvalue weighted by molar-refractivity contribution is 6.31. The molecule has 2 aromatic rings. The van der Waals surface area contributed by atoms with Gasteiger partial charge in [-0.25, -0.2) is 0 Å². The van der Waals surface area contributed by atoms with Gasteiger partial charge in [0.15, 0.2) is 0 Å². The van der Waals surface area contributed by atoms with E-state index in [2.05, 4.69) is 5.32 Å². The highest BCUT2D eigenvalue weighted by Gasteiger charge is 2.20. The van der Waals surface area contributed by atoms with Crippen LogP contribution in [0.15, 0.2) is 48.5 Å². The molecule has 0 aliphatic heterocycles. The Labute approximate surface area is 138 Å². The van der Waals surface area contributed by atoms with E-state index in [1.165, 1.54) is 24.3 Å². The van der Waals surface area contributed by atoms with Crippen molar-refractivity contribution < 1.29 is 15.1 Å². The molecule has 2 aromatic carbocycles. The van der Waals surface area contributed by atoms with Crippen molar-refractivity contribution in [3.05, 3.63) is 74.8 Å². The zero-order valence-corrected chi connectivity index (χ0v) is 13.0. The molecule has 0 fully saturated rings. The summed E-state index contributed by atoms with van der Waals surface area (Å²) >= 11 is 6.07. The zero-order chi connectivity index (χ0) is 16.8. The standard InChI is InChI=1S/C16H17ClN2O4/c17-14-4-2-1-3-12(14)9-18-15(10-20)16(21)11-5-7-13(8-6-11)19(22)23/h1-8,15-16,18,20-21H,9-10H2. The first-order chi connectivity index (χ1) is 11.0. The Bertz CT molecular complexity index is 663. The number of halogens is 1. The Balaban J connectivity index is 2.04. The lowest BCUT2D eigenvalue weighted by molar-refractivity contribution is -0.384. The van der Waals surface area contributed by atoms with Crippen LogP contribution in [0.5, 0.6) is 0 Å². The molecule has 7 heteroatoms. The van der Waals surface area contributed by atoms with Gasteiger partial charge in [0.05, 0.1) is 23.7 Å². The predicted octanol–water partition coefficient (Wildman–Crippen LogP) is 2.43. The first kappa shape index (κ1) is 17.4. The van der Waals surface area contributed by atoms with Crippen molar-refractivity contribution in [2.75, 3.05) is 6.61 Å². The monoisotopic (exact) mass is 336 g/mol. The lowest BCUT2D eigenvalue weighted by atomic mass is 10.0. The second-order valence-electron chi connectivity index (χ2n) is 5.05. The summed E-state index contributed by atoms with van der Waals surface area (Å²) < 4.78 is 0. The lowest BCUT2D eigenvalue weighted by Crippen LogP contribution is -2.37. The molecule has 0 saturated carbocycles. The van der Waals surface area contributed by atoms with Crippen LogP contribution in [-0.4, -0.2) is 27.8 Å². The van der Waals surface area contributed by atoms with Crippen molar-refractivity contribution >= 4 is 17.3 Å². The summed E-state index contributed by atoms with van der Waals surface area (Å²) in [6.07, 6.45) is -0.997. The normalized spacial score (nSPS) is 13.5. The van der Waals surface area contributed by atoms with Crippen LogP contribution in [0.25, 0.3) is 0 Å². The van der Waals surface area contributed by atoms with Crippen LogP contribution in [-0.2, 0) is 6.54 Å². The number of aliphatic hydroxyl groups excluding tert-OH is 2. The molecule has 0 bridgehead atoms. The molecule has 0 aliphatic rings. The molecule has 6 nitrogen and oxygen atoms in total. The van der Waals surface area contributed by atoms with Gasteiger partial charge in [-0.2, -0.15) is 0 Å². The number of hydrogen-bond acceptors (Lipinski definition) is 5. The van der Waals surface area contributed by atoms with Gasteiger partial charge in [-0.05, 0) is 29.3 Å². The molecule has 0 aliphatic carbocycles. The third-order valence-electron chi connectivity index (χ3n) is 3.54. The lowest BCUT2D eigenvalue weighted by Gasteiger charge is -2.23. The molecule has 0 radical (unpaired) electrons. The minimum atomic E-state index is -0.997. The first-order valence-corrected chi connectivity index (χ1v) is 7.40. The van der Waals surface area contributed by atoms with Crippen molar-refractivity contribution in [3.8, 4) is 0 Å². The summed E-state index contributed by atoms with van der Waals surface area (Å²) in [5.41, 5.74) is 1.29. The van der Waals surface area contributed by atoms with Gasteiger partial charge in [-0.15, -0.1) is 0 Å². The summed E-state index contributed by atoms with van der Waals surface area (Å²) in [7, 11) is 0. The van der Waals surface area contributed by atoms with Crippen LogP contribution in [0.4, 0.5) is 5.69 Å². The zero-order valence-electron chi connectivity index (χ0n) is 12.2. The molecule has 0 amide bonds. The van der Waals surface area contributed by atoms with Crippen LogP contribution in [0.3, 0.4) is 0 Å². The molecule has 122 valence electrons. The van der Waals surface area contributed by atoms with E-state index in [0.29, 0.717) is 17.1 Å². The van der Waals surface area contributed by atoms with Gasteiger partial charge in [0.25, 0.3) is 5.69 Å². The number of aliphatic hydroxyl groups is 2. The van der Waals surface area contributed by atoms with Crippen LogP contribution < -0.4 is 5.32 Å². The van der Waals surface area contributed by atoms with E-state index >= 15 is 0 Å². The number of non-ortho nitro benzene ring substituents is 1. The quantitative estimate of drug-likeness (QED) is 0.533. The minimum Gasteiger partial charge on any atom is -0.395 e. The minimum absolute atomic E-state index is 0.0504. The van der Waals surface area contributed by atoms with Crippen molar-refractivity contribution in [1.82, 2.24) is 5.32 Å². The summed E-state index contributed by atoms with van der Waals surface area (Å²) in [6.45, 7) is 0.0948. The predicted molar refractivity (Wildman–Crippen MR) is 87.2 cm³/mol. The van der Waals surface area contributed by atoms with Gasteiger partial charge in [0.1, 0.15) is 0 Å². The third-order valence-corrected chi connectivity index (χ3v) is 3.90. The Morgan fingerprint density at radius 1 is 1.17 bits per heavy atom. The molecule has 0 heterocycles. The highest BCUT2D eigenvalue weighted by atomic mass is 35.5. The number of benzene rings is 2. The average Bonchev–Trinajstić information content (AvgIpc) is 2.56. The maximum atomic E-state index is 10.6. The molecule has 3 N–H and O–H groups in total.